The lowest BCUT2D eigenvalue weighted by molar-refractivity contribution is 0.198. The topological polar surface area (TPSA) is 31.1 Å². The van der Waals surface area contributed by atoms with Crippen molar-refractivity contribution >= 4 is 10.9 Å². The highest BCUT2D eigenvalue weighted by Crippen LogP contribution is 2.15. The molecule has 1 saturated heterocycles. The molecule has 0 radical (unpaired) electrons. The van der Waals surface area contributed by atoms with Crippen molar-refractivity contribution < 1.29 is 0 Å². The molecule has 2 heterocycles. The number of benzene rings is 1. The zero-order valence-corrected chi connectivity index (χ0v) is 11.7. The Morgan fingerprint density at radius 1 is 1.37 bits per heavy atom. The molecule has 3 rings (SSSR count). The SMILES string of the molecule is CCN1CCCC(NCc2ccc3[nH]ccc3c2)C1. The number of aromatic nitrogens is 1. The van der Waals surface area contributed by atoms with Crippen molar-refractivity contribution in [2.45, 2.75) is 32.4 Å². The average Bonchev–Trinajstić information content (AvgIpc) is 2.93. The number of nitrogens with zero attached hydrogens (tertiary/aromatic N) is 1. The third kappa shape index (κ3) is 2.99. The molecule has 2 aromatic rings. The van der Waals surface area contributed by atoms with Crippen molar-refractivity contribution in [3.8, 4) is 0 Å². The van der Waals surface area contributed by atoms with Gasteiger partial charge in [-0.1, -0.05) is 13.0 Å². The fraction of sp³-hybridized carbons (Fsp3) is 0.500. The quantitative estimate of drug-likeness (QED) is 0.882. The summed E-state index contributed by atoms with van der Waals surface area (Å²) < 4.78 is 0. The summed E-state index contributed by atoms with van der Waals surface area (Å²) in [6.07, 6.45) is 4.63. The maximum absolute atomic E-state index is 3.71. The van der Waals surface area contributed by atoms with Crippen LogP contribution in [0.5, 0.6) is 0 Å². The van der Waals surface area contributed by atoms with Crippen LogP contribution in [-0.2, 0) is 6.54 Å². The second kappa shape index (κ2) is 5.76. The first kappa shape index (κ1) is 12.7. The Bertz CT molecular complexity index is 532. The highest BCUT2D eigenvalue weighted by Gasteiger charge is 2.17. The van der Waals surface area contributed by atoms with E-state index in [1.54, 1.807) is 0 Å². The molecule has 0 saturated carbocycles. The van der Waals surface area contributed by atoms with E-state index in [9.17, 15) is 0 Å². The summed E-state index contributed by atoms with van der Waals surface area (Å²) in [6, 6.07) is 9.45. The van der Waals surface area contributed by atoms with Gasteiger partial charge in [-0.25, -0.2) is 0 Å². The first-order valence-corrected chi connectivity index (χ1v) is 7.37. The van der Waals surface area contributed by atoms with Gasteiger partial charge < -0.3 is 15.2 Å². The van der Waals surface area contributed by atoms with Crippen molar-refractivity contribution in [1.82, 2.24) is 15.2 Å². The number of hydrogen-bond acceptors (Lipinski definition) is 2. The van der Waals surface area contributed by atoms with Crippen LogP contribution >= 0.6 is 0 Å². The van der Waals surface area contributed by atoms with E-state index in [0.717, 1.165) is 6.54 Å². The van der Waals surface area contributed by atoms with Crippen LogP contribution in [0.4, 0.5) is 0 Å². The molecule has 1 aliphatic heterocycles. The second-order valence-corrected chi connectivity index (χ2v) is 5.51. The summed E-state index contributed by atoms with van der Waals surface area (Å²) in [5.74, 6) is 0. The number of piperidine rings is 1. The molecule has 1 unspecified atom stereocenters. The summed E-state index contributed by atoms with van der Waals surface area (Å²) in [5, 5.41) is 5.01. The first-order valence-electron chi connectivity index (χ1n) is 7.37. The molecule has 1 fully saturated rings. The van der Waals surface area contributed by atoms with Crippen molar-refractivity contribution in [3.05, 3.63) is 36.0 Å². The standard InChI is InChI=1S/C16H23N3/c1-2-19-9-3-4-15(12-19)18-11-13-5-6-16-14(10-13)7-8-17-16/h5-8,10,15,17-18H,2-4,9,11-12H2,1H3. The number of H-pyrrole nitrogens is 1. The summed E-state index contributed by atoms with van der Waals surface area (Å²) in [7, 11) is 0. The molecule has 1 aromatic carbocycles. The first-order chi connectivity index (χ1) is 9.35. The smallest absolute Gasteiger partial charge is 0.0454 e. The van der Waals surface area contributed by atoms with Crippen LogP contribution in [0.3, 0.4) is 0 Å². The van der Waals surface area contributed by atoms with Crippen LogP contribution < -0.4 is 5.32 Å². The number of likely N-dealkylation sites (tertiary alicyclic amines) is 1. The van der Waals surface area contributed by atoms with Crippen molar-refractivity contribution in [2.75, 3.05) is 19.6 Å². The van der Waals surface area contributed by atoms with Gasteiger partial charge in [0.05, 0.1) is 0 Å². The predicted octanol–water partition coefficient (Wildman–Crippen LogP) is 2.74. The summed E-state index contributed by atoms with van der Waals surface area (Å²) in [4.78, 5) is 5.78. The number of fused-ring (bicyclic) bond motifs is 1. The minimum Gasteiger partial charge on any atom is -0.361 e. The zero-order chi connectivity index (χ0) is 13.1. The fourth-order valence-corrected chi connectivity index (χ4v) is 2.98. The number of aromatic amines is 1. The van der Waals surface area contributed by atoms with E-state index in [1.807, 2.05) is 6.20 Å². The van der Waals surface area contributed by atoms with E-state index in [1.165, 1.54) is 48.9 Å². The van der Waals surface area contributed by atoms with Gasteiger partial charge >= 0.3 is 0 Å². The zero-order valence-electron chi connectivity index (χ0n) is 11.7. The predicted molar refractivity (Wildman–Crippen MR) is 80.3 cm³/mol. The molecule has 0 bridgehead atoms. The number of rotatable bonds is 4. The van der Waals surface area contributed by atoms with Crippen LogP contribution in [-0.4, -0.2) is 35.6 Å². The Morgan fingerprint density at radius 3 is 3.21 bits per heavy atom. The summed E-state index contributed by atoms with van der Waals surface area (Å²) >= 11 is 0. The second-order valence-electron chi connectivity index (χ2n) is 5.51. The molecule has 0 spiro atoms. The largest absolute Gasteiger partial charge is 0.361 e. The van der Waals surface area contributed by atoms with Gasteiger partial charge in [-0.3, -0.25) is 0 Å². The van der Waals surface area contributed by atoms with E-state index in [4.69, 9.17) is 0 Å². The molecule has 102 valence electrons. The van der Waals surface area contributed by atoms with Gasteiger partial charge in [-0.15, -0.1) is 0 Å². The molecule has 1 aliphatic rings. The molecule has 0 aliphatic carbocycles. The molecular weight excluding hydrogens is 234 g/mol. The Morgan fingerprint density at radius 2 is 2.32 bits per heavy atom. The molecule has 3 heteroatoms. The highest BCUT2D eigenvalue weighted by molar-refractivity contribution is 5.79. The fourth-order valence-electron chi connectivity index (χ4n) is 2.98. The number of hydrogen-bond donors (Lipinski definition) is 2. The maximum Gasteiger partial charge on any atom is 0.0454 e. The molecule has 1 aromatic heterocycles. The number of nitrogens with one attached hydrogen (secondary N) is 2. The highest BCUT2D eigenvalue weighted by atomic mass is 15.2. The molecule has 1 atom stereocenters. The van der Waals surface area contributed by atoms with Gasteiger partial charge in [-0.2, -0.15) is 0 Å². The average molecular weight is 257 g/mol. The molecule has 3 nitrogen and oxygen atoms in total. The normalized spacial score (nSPS) is 21.0. The molecule has 0 amide bonds. The van der Waals surface area contributed by atoms with E-state index in [0.29, 0.717) is 6.04 Å². The molecule has 19 heavy (non-hydrogen) atoms. The monoisotopic (exact) mass is 257 g/mol. The lowest BCUT2D eigenvalue weighted by Crippen LogP contribution is -2.45. The van der Waals surface area contributed by atoms with Crippen LogP contribution in [0.25, 0.3) is 10.9 Å². The lowest BCUT2D eigenvalue weighted by Gasteiger charge is -2.32. The minimum atomic E-state index is 0.649. The van der Waals surface area contributed by atoms with Gasteiger partial charge in [0.1, 0.15) is 0 Å². The van der Waals surface area contributed by atoms with Crippen LogP contribution in [0.15, 0.2) is 30.5 Å². The van der Waals surface area contributed by atoms with Gasteiger partial charge in [0.2, 0.25) is 0 Å². The molecule has 2 N–H and O–H groups in total. The van der Waals surface area contributed by atoms with Crippen molar-refractivity contribution in [2.24, 2.45) is 0 Å². The van der Waals surface area contributed by atoms with Gasteiger partial charge in [0.15, 0.2) is 0 Å². The summed E-state index contributed by atoms with van der Waals surface area (Å²) in [5.41, 5.74) is 2.60. The van der Waals surface area contributed by atoms with Crippen molar-refractivity contribution in [3.63, 3.8) is 0 Å². The van der Waals surface area contributed by atoms with E-state index < -0.39 is 0 Å². The Hall–Kier alpha value is -1.32. The lowest BCUT2D eigenvalue weighted by atomic mass is 10.1. The van der Waals surface area contributed by atoms with E-state index in [-0.39, 0.29) is 0 Å². The van der Waals surface area contributed by atoms with E-state index in [2.05, 4.69) is 46.4 Å². The minimum absolute atomic E-state index is 0.649. The third-order valence-electron chi connectivity index (χ3n) is 4.17. The number of likely N-dealkylation sites (N-methyl/N-ethyl adjacent to an activating group) is 1. The Kier molecular flexibility index (Phi) is 3.85. The summed E-state index contributed by atoms with van der Waals surface area (Å²) in [6.45, 7) is 6.87. The van der Waals surface area contributed by atoms with Gasteiger partial charge in [-0.05, 0) is 55.1 Å². The van der Waals surface area contributed by atoms with Crippen LogP contribution in [0, 0.1) is 0 Å². The third-order valence-corrected chi connectivity index (χ3v) is 4.17. The van der Waals surface area contributed by atoms with Crippen LogP contribution in [0.1, 0.15) is 25.3 Å². The van der Waals surface area contributed by atoms with Gasteiger partial charge in [0.25, 0.3) is 0 Å². The van der Waals surface area contributed by atoms with Crippen molar-refractivity contribution in [1.29, 1.82) is 0 Å². The van der Waals surface area contributed by atoms with Gasteiger partial charge in [0, 0.05) is 30.8 Å². The van der Waals surface area contributed by atoms with E-state index >= 15 is 0 Å². The molecular formula is C16H23N3. The van der Waals surface area contributed by atoms with Crippen LogP contribution in [0.2, 0.25) is 0 Å². The Labute approximate surface area is 115 Å². The maximum atomic E-state index is 3.71. The Balaban J connectivity index is 1.59.